The van der Waals surface area contributed by atoms with Gasteiger partial charge in [0.05, 0.1) is 17.0 Å². The zero-order chi connectivity index (χ0) is 12.3. The van der Waals surface area contributed by atoms with Crippen LogP contribution in [0.2, 0.25) is 0 Å². The number of carbonyl (C=O) groups is 1. The van der Waals surface area contributed by atoms with Crippen LogP contribution in [0.25, 0.3) is 0 Å². The number of carboxylic acid groups (broad SMARTS) is 1. The Labute approximate surface area is 99.1 Å². The van der Waals surface area contributed by atoms with Crippen molar-refractivity contribution in [3.05, 3.63) is 29.3 Å². The maximum atomic E-state index is 10.9. The third-order valence-corrected chi connectivity index (χ3v) is 3.10. The second kappa shape index (κ2) is 4.58. The standard InChI is InChI=1S/C12H13NO2S/c1-12(2,7-13)9-4-8(11(14)15)5-10(6-9)16-3/h4-6H,1-3H3,(H,14,15). The lowest BCUT2D eigenvalue weighted by Crippen LogP contribution is -2.15. The Balaban J connectivity index is 3.37. The molecule has 0 aliphatic carbocycles. The lowest BCUT2D eigenvalue weighted by Gasteiger charge is -2.17. The summed E-state index contributed by atoms with van der Waals surface area (Å²) in [5, 5.41) is 18.0. The number of benzene rings is 1. The zero-order valence-corrected chi connectivity index (χ0v) is 10.3. The van der Waals surface area contributed by atoms with Crippen molar-refractivity contribution >= 4 is 17.7 Å². The van der Waals surface area contributed by atoms with Gasteiger partial charge < -0.3 is 5.11 Å². The molecule has 1 rings (SSSR count). The fourth-order valence-electron chi connectivity index (χ4n) is 1.27. The van der Waals surface area contributed by atoms with E-state index in [2.05, 4.69) is 6.07 Å². The first-order chi connectivity index (χ1) is 7.40. The molecule has 1 aromatic rings. The van der Waals surface area contributed by atoms with Crippen molar-refractivity contribution < 1.29 is 9.90 Å². The van der Waals surface area contributed by atoms with E-state index in [1.165, 1.54) is 11.8 Å². The molecule has 0 fully saturated rings. The van der Waals surface area contributed by atoms with Crippen LogP contribution in [0.1, 0.15) is 29.8 Å². The minimum atomic E-state index is -0.967. The molecule has 0 aromatic heterocycles. The van der Waals surface area contributed by atoms with Crippen molar-refractivity contribution in [1.29, 1.82) is 5.26 Å². The molecule has 4 heteroatoms. The van der Waals surface area contributed by atoms with E-state index in [1.54, 1.807) is 26.0 Å². The highest BCUT2D eigenvalue weighted by Gasteiger charge is 2.21. The number of thioether (sulfide) groups is 1. The van der Waals surface area contributed by atoms with Crippen LogP contribution < -0.4 is 0 Å². The van der Waals surface area contributed by atoms with Gasteiger partial charge in [0, 0.05) is 4.90 Å². The summed E-state index contributed by atoms with van der Waals surface area (Å²) in [5.74, 6) is -0.967. The van der Waals surface area contributed by atoms with E-state index in [-0.39, 0.29) is 5.56 Å². The quantitative estimate of drug-likeness (QED) is 0.818. The Kier molecular flexibility index (Phi) is 3.61. The molecule has 0 aliphatic heterocycles. The maximum Gasteiger partial charge on any atom is 0.335 e. The van der Waals surface area contributed by atoms with Gasteiger partial charge >= 0.3 is 5.97 Å². The largest absolute Gasteiger partial charge is 0.478 e. The summed E-state index contributed by atoms with van der Waals surface area (Å²) in [6.45, 7) is 3.55. The Morgan fingerprint density at radius 3 is 2.50 bits per heavy atom. The molecule has 0 amide bonds. The zero-order valence-electron chi connectivity index (χ0n) is 9.44. The van der Waals surface area contributed by atoms with E-state index in [4.69, 9.17) is 10.4 Å². The van der Waals surface area contributed by atoms with Crippen molar-refractivity contribution in [3.8, 4) is 6.07 Å². The number of rotatable bonds is 3. The smallest absolute Gasteiger partial charge is 0.335 e. The van der Waals surface area contributed by atoms with E-state index >= 15 is 0 Å². The average molecular weight is 235 g/mol. The summed E-state index contributed by atoms with van der Waals surface area (Å²) in [6, 6.07) is 7.21. The summed E-state index contributed by atoms with van der Waals surface area (Å²) in [5.41, 5.74) is 0.292. The first-order valence-electron chi connectivity index (χ1n) is 4.75. The second-order valence-corrected chi connectivity index (χ2v) is 4.87. The van der Waals surface area contributed by atoms with Crippen molar-refractivity contribution in [2.45, 2.75) is 24.2 Å². The number of aromatic carboxylic acids is 1. The highest BCUT2D eigenvalue weighted by Crippen LogP contribution is 2.27. The van der Waals surface area contributed by atoms with Crippen molar-refractivity contribution in [3.63, 3.8) is 0 Å². The van der Waals surface area contributed by atoms with Gasteiger partial charge in [-0.05, 0) is 43.9 Å². The normalized spacial score (nSPS) is 10.9. The first-order valence-corrected chi connectivity index (χ1v) is 5.97. The number of nitriles is 1. The van der Waals surface area contributed by atoms with Crippen LogP contribution in [0.4, 0.5) is 0 Å². The van der Waals surface area contributed by atoms with Crippen LogP contribution in [-0.2, 0) is 5.41 Å². The second-order valence-electron chi connectivity index (χ2n) is 3.99. The van der Waals surface area contributed by atoms with E-state index in [1.807, 2.05) is 12.3 Å². The molecule has 0 atom stereocenters. The van der Waals surface area contributed by atoms with E-state index < -0.39 is 11.4 Å². The molecule has 0 radical (unpaired) electrons. The van der Waals surface area contributed by atoms with E-state index in [9.17, 15) is 4.79 Å². The molecule has 1 N–H and O–H groups in total. The predicted octanol–water partition coefficient (Wildman–Crippen LogP) is 2.91. The first kappa shape index (κ1) is 12.6. The molecule has 0 saturated carbocycles. The molecule has 0 aliphatic rings. The Morgan fingerprint density at radius 1 is 1.44 bits per heavy atom. The van der Waals surface area contributed by atoms with E-state index in [0.29, 0.717) is 0 Å². The fourth-order valence-corrected chi connectivity index (χ4v) is 1.76. The maximum absolute atomic E-state index is 10.9. The van der Waals surface area contributed by atoms with Crippen LogP contribution in [0.15, 0.2) is 23.1 Å². The molecule has 0 spiro atoms. The summed E-state index contributed by atoms with van der Waals surface area (Å²) >= 11 is 1.47. The van der Waals surface area contributed by atoms with Gasteiger partial charge in [-0.2, -0.15) is 5.26 Å². The lowest BCUT2D eigenvalue weighted by atomic mass is 9.85. The molecule has 0 heterocycles. The van der Waals surface area contributed by atoms with Gasteiger partial charge in [0.15, 0.2) is 0 Å². The molecule has 16 heavy (non-hydrogen) atoms. The van der Waals surface area contributed by atoms with Gasteiger partial charge in [-0.15, -0.1) is 11.8 Å². The van der Waals surface area contributed by atoms with Crippen LogP contribution in [0, 0.1) is 11.3 Å². The molecule has 3 nitrogen and oxygen atoms in total. The van der Waals surface area contributed by atoms with Crippen LogP contribution in [0.5, 0.6) is 0 Å². The van der Waals surface area contributed by atoms with Crippen LogP contribution in [-0.4, -0.2) is 17.3 Å². The summed E-state index contributed by atoms with van der Waals surface area (Å²) in [6.07, 6.45) is 1.88. The highest BCUT2D eigenvalue weighted by atomic mass is 32.2. The van der Waals surface area contributed by atoms with Crippen LogP contribution >= 0.6 is 11.8 Å². The summed E-state index contributed by atoms with van der Waals surface area (Å²) in [4.78, 5) is 11.8. The average Bonchev–Trinajstić information content (AvgIpc) is 2.28. The highest BCUT2D eigenvalue weighted by molar-refractivity contribution is 7.98. The summed E-state index contributed by atoms with van der Waals surface area (Å²) in [7, 11) is 0. The van der Waals surface area contributed by atoms with Gasteiger partial charge in [0.25, 0.3) is 0 Å². The Hall–Kier alpha value is -1.47. The third kappa shape index (κ3) is 2.56. The van der Waals surface area contributed by atoms with Gasteiger partial charge in [0.2, 0.25) is 0 Å². The topological polar surface area (TPSA) is 61.1 Å². The number of carboxylic acids is 1. The van der Waals surface area contributed by atoms with Gasteiger partial charge in [-0.25, -0.2) is 4.79 Å². The fraction of sp³-hybridized carbons (Fsp3) is 0.333. The molecule has 84 valence electrons. The molecule has 0 unspecified atom stereocenters. The molecule has 0 saturated heterocycles. The predicted molar refractivity (Wildman–Crippen MR) is 63.8 cm³/mol. The monoisotopic (exact) mass is 235 g/mol. The molecular weight excluding hydrogens is 222 g/mol. The van der Waals surface area contributed by atoms with Crippen molar-refractivity contribution in [2.24, 2.45) is 0 Å². The van der Waals surface area contributed by atoms with Gasteiger partial charge in [0.1, 0.15) is 0 Å². The number of hydrogen-bond acceptors (Lipinski definition) is 3. The molecule has 0 bridgehead atoms. The van der Waals surface area contributed by atoms with Gasteiger partial charge in [-0.3, -0.25) is 0 Å². The summed E-state index contributed by atoms with van der Waals surface area (Å²) < 4.78 is 0. The SMILES string of the molecule is CSc1cc(C(=O)O)cc(C(C)(C)C#N)c1. The lowest BCUT2D eigenvalue weighted by molar-refractivity contribution is 0.0696. The Morgan fingerprint density at radius 2 is 2.06 bits per heavy atom. The minimum absolute atomic E-state index is 0.227. The molecule has 1 aromatic carbocycles. The third-order valence-electron chi connectivity index (χ3n) is 2.39. The van der Waals surface area contributed by atoms with Crippen molar-refractivity contribution in [2.75, 3.05) is 6.26 Å². The minimum Gasteiger partial charge on any atom is -0.478 e. The molecular formula is C12H13NO2S. The Bertz CT molecular complexity index is 461. The number of hydrogen-bond donors (Lipinski definition) is 1. The van der Waals surface area contributed by atoms with Crippen molar-refractivity contribution in [1.82, 2.24) is 0 Å². The van der Waals surface area contributed by atoms with Crippen LogP contribution in [0.3, 0.4) is 0 Å². The number of nitrogens with zero attached hydrogens (tertiary/aromatic N) is 1. The van der Waals surface area contributed by atoms with E-state index in [0.717, 1.165) is 10.5 Å². The van der Waals surface area contributed by atoms with Gasteiger partial charge in [-0.1, -0.05) is 0 Å².